The van der Waals surface area contributed by atoms with Crippen molar-refractivity contribution in [1.29, 1.82) is 0 Å². The van der Waals surface area contributed by atoms with Gasteiger partial charge in [0.1, 0.15) is 5.82 Å². The van der Waals surface area contributed by atoms with Gasteiger partial charge in [0.05, 0.1) is 0 Å². The summed E-state index contributed by atoms with van der Waals surface area (Å²) in [7, 11) is 0. The van der Waals surface area contributed by atoms with Crippen LogP contribution in [0.5, 0.6) is 0 Å². The van der Waals surface area contributed by atoms with Gasteiger partial charge < -0.3 is 5.73 Å². The molecule has 0 fully saturated rings. The molecule has 0 bridgehead atoms. The van der Waals surface area contributed by atoms with E-state index in [1.165, 1.54) is 17.2 Å². The van der Waals surface area contributed by atoms with Crippen LogP contribution in [0.2, 0.25) is 0 Å². The molecule has 100 valence electrons. The van der Waals surface area contributed by atoms with Crippen LogP contribution in [0, 0.1) is 5.82 Å². The van der Waals surface area contributed by atoms with Crippen molar-refractivity contribution in [1.82, 2.24) is 0 Å². The van der Waals surface area contributed by atoms with E-state index in [0.717, 1.165) is 18.4 Å². The topological polar surface area (TPSA) is 26.0 Å². The Bertz CT molecular complexity index is 519. The lowest BCUT2D eigenvalue weighted by atomic mass is 9.91. The predicted molar refractivity (Wildman–Crippen MR) is 77.7 cm³/mol. The second-order valence-corrected chi connectivity index (χ2v) is 4.86. The van der Waals surface area contributed by atoms with Crippen molar-refractivity contribution in [2.24, 2.45) is 5.73 Å². The summed E-state index contributed by atoms with van der Waals surface area (Å²) in [5.41, 5.74) is 9.39. The van der Waals surface area contributed by atoms with Gasteiger partial charge in [0, 0.05) is 5.92 Å². The minimum atomic E-state index is -0.197. The summed E-state index contributed by atoms with van der Waals surface area (Å²) in [4.78, 5) is 0. The van der Waals surface area contributed by atoms with E-state index in [9.17, 15) is 4.39 Å². The molecule has 2 aromatic carbocycles. The summed E-state index contributed by atoms with van der Waals surface area (Å²) in [5.74, 6) is -0.0274. The highest BCUT2D eigenvalue weighted by molar-refractivity contribution is 5.27. The molecule has 2 aromatic rings. The van der Waals surface area contributed by atoms with Crippen LogP contribution in [0.4, 0.5) is 4.39 Å². The van der Waals surface area contributed by atoms with E-state index < -0.39 is 0 Å². The molecule has 2 rings (SSSR count). The molecule has 0 saturated heterocycles. The summed E-state index contributed by atoms with van der Waals surface area (Å²) in [5, 5.41) is 0. The van der Waals surface area contributed by atoms with Crippen molar-refractivity contribution < 1.29 is 4.39 Å². The lowest BCUT2D eigenvalue weighted by Crippen LogP contribution is -2.15. The molecular formula is C17H20FN. The Balaban J connectivity index is 2.14. The summed E-state index contributed by atoms with van der Waals surface area (Å²) >= 11 is 0. The first-order valence-corrected chi connectivity index (χ1v) is 6.76. The van der Waals surface area contributed by atoms with Crippen molar-refractivity contribution in [3.8, 4) is 0 Å². The fraction of sp³-hybridized carbons (Fsp3) is 0.294. The van der Waals surface area contributed by atoms with E-state index in [1.54, 1.807) is 12.1 Å². The van der Waals surface area contributed by atoms with Crippen LogP contribution in [0.25, 0.3) is 0 Å². The van der Waals surface area contributed by atoms with E-state index in [4.69, 9.17) is 5.73 Å². The molecule has 0 amide bonds. The second-order valence-electron chi connectivity index (χ2n) is 4.86. The van der Waals surface area contributed by atoms with Crippen LogP contribution in [0.1, 0.15) is 29.5 Å². The average Bonchev–Trinajstić information content (AvgIpc) is 2.45. The molecule has 0 heterocycles. The van der Waals surface area contributed by atoms with Crippen LogP contribution >= 0.6 is 0 Å². The first-order chi connectivity index (χ1) is 9.22. The van der Waals surface area contributed by atoms with Crippen molar-refractivity contribution in [3.05, 3.63) is 71.0 Å². The first kappa shape index (κ1) is 13.8. The van der Waals surface area contributed by atoms with Crippen molar-refractivity contribution in [2.45, 2.75) is 25.7 Å². The van der Waals surface area contributed by atoms with Crippen LogP contribution in [0.15, 0.2) is 48.5 Å². The molecule has 0 spiro atoms. The summed E-state index contributed by atoms with van der Waals surface area (Å²) in [6.07, 6.45) is 1.90. The van der Waals surface area contributed by atoms with Gasteiger partial charge in [-0.2, -0.15) is 0 Å². The summed E-state index contributed by atoms with van der Waals surface area (Å²) < 4.78 is 13.3. The predicted octanol–water partition coefficient (Wildman–Crippen LogP) is 3.67. The number of halogens is 1. The largest absolute Gasteiger partial charge is 0.330 e. The second kappa shape index (κ2) is 6.48. The van der Waals surface area contributed by atoms with E-state index in [0.29, 0.717) is 6.54 Å². The molecule has 0 aliphatic rings. The van der Waals surface area contributed by atoms with Gasteiger partial charge in [0.15, 0.2) is 0 Å². The Morgan fingerprint density at radius 3 is 2.32 bits per heavy atom. The number of nitrogens with two attached hydrogens (primary N) is 1. The van der Waals surface area contributed by atoms with E-state index in [-0.39, 0.29) is 11.7 Å². The molecule has 0 radical (unpaired) electrons. The van der Waals surface area contributed by atoms with Gasteiger partial charge in [-0.05, 0) is 48.2 Å². The third kappa shape index (κ3) is 3.65. The molecule has 1 unspecified atom stereocenters. The zero-order valence-corrected chi connectivity index (χ0v) is 11.3. The van der Waals surface area contributed by atoms with Gasteiger partial charge in [0.2, 0.25) is 0 Å². The number of aryl methyl sites for hydroxylation is 1. The van der Waals surface area contributed by atoms with Crippen molar-refractivity contribution >= 4 is 0 Å². The molecule has 0 aliphatic heterocycles. The maximum absolute atomic E-state index is 13.3. The molecular weight excluding hydrogens is 237 g/mol. The highest BCUT2D eigenvalue weighted by Crippen LogP contribution is 2.21. The van der Waals surface area contributed by atoms with Crippen LogP contribution in [-0.2, 0) is 12.8 Å². The molecule has 1 nitrogen and oxygen atoms in total. The Morgan fingerprint density at radius 1 is 1.05 bits per heavy atom. The highest BCUT2D eigenvalue weighted by Gasteiger charge is 2.11. The Morgan fingerprint density at radius 2 is 1.74 bits per heavy atom. The van der Waals surface area contributed by atoms with Gasteiger partial charge in [-0.25, -0.2) is 4.39 Å². The average molecular weight is 257 g/mol. The maximum Gasteiger partial charge on any atom is 0.123 e. The maximum atomic E-state index is 13.3. The Kier molecular flexibility index (Phi) is 4.69. The van der Waals surface area contributed by atoms with Crippen LogP contribution in [0.3, 0.4) is 0 Å². The van der Waals surface area contributed by atoms with Gasteiger partial charge in [-0.1, -0.05) is 43.3 Å². The standard InChI is InChI=1S/C17H20FN/c1-2-13-6-8-14(9-7-13)10-16(12-19)15-4-3-5-17(18)11-15/h3-9,11,16H,2,10,12,19H2,1H3. The van der Waals surface area contributed by atoms with E-state index >= 15 is 0 Å². The van der Waals surface area contributed by atoms with Gasteiger partial charge in [-0.15, -0.1) is 0 Å². The van der Waals surface area contributed by atoms with E-state index in [1.807, 2.05) is 6.07 Å². The first-order valence-electron chi connectivity index (χ1n) is 6.76. The summed E-state index contributed by atoms with van der Waals surface area (Å²) in [6.45, 7) is 2.67. The van der Waals surface area contributed by atoms with E-state index in [2.05, 4.69) is 31.2 Å². The minimum Gasteiger partial charge on any atom is -0.330 e. The smallest absolute Gasteiger partial charge is 0.123 e. The quantitative estimate of drug-likeness (QED) is 0.869. The van der Waals surface area contributed by atoms with Gasteiger partial charge >= 0.3 is 0 Å². The fourth-order valence-corrected chi connectivity index (χ4v) is 2.29. The molecule has 0 aromatic heterocycles. The monoisotopic (exact) mass is 257 g/mol. The van der Waals surface area contributed by atoms with Crippen LogP contribution in [-0.4, -0.2) is 6.54 Å². The minimum absolute atomic E-state index is 0.170. The van der Waals surface area contributed by atoms with Crippen molar-refractivity contribution in [3.63, 3.8) is 0 Å². The number of hydrogen-bond donors (Lipinski definition) is 1. The normalized spacial score (nSPS) is 12.4. The third-order valence-corrected chi connectivity index (χ3v) is 3.52. The van der Waals surface area contributed by atoms with Crippen molar-refractivity contribution in [2.75, 3.05) is 6.54 Å². The molecule has 0 saturated carbocycles. The number of benzene rings is 2. The highest BCUT2D eigenvalue weighted by atomic mass is 19.1. The summed E-state index contributed by atoms with van der Waals surface area (Å²) in [6, 6.07) is 15.3. The van der Waals surface area contributed by atoms with Gasteiger partial charge in [-0.3, -0.25) is 0 Å². The number of rotatable bonds is 5. The molecule has 19 heavy (non-hydrogen) atoms. The fourth-order valence-electron chi connectivity index (χ4n) is 2.29. The Labute approximate surface area is 114 Å². The van der Waals surface area contributed by atoms with Crippen LogP contribution < -0.4 is 5.73 Å². The molecule has 1 atom stereocenters. The lowest BCUT2D eigenvalue weighted by Gasteiger charge is -2.15. The number of hydrogen-bond acceptors (Lipinski definition) is 1. The van der Waals surface area contributed by atoms with Gasteiger partial charge in [0.25, 0.3) is 0 Å². The molecule has 2 heteroatoms. The lowest BCUT2D eigenvalue weighted by molar-refractivity contribution is 0.616. The Hall–Kier alpha value is -1.67. The zero-order valence-electron chi connectivity index (χ0n) is 11.3. The molecule has 2 N–H and O–H groups in total. The SMILES string of the molecule is CCc1ccc(CC(CN)c2cccc(F)c2)cc1. The molecule has 0 aliphatic carbocycles. The zero-order chi connectivity index (χ0) is 13.7. The third-order valence-electron chi connectivity index (χ3n) is 3.52.